The van der Waals surface area contributed by atoms with E-state index in [1.165, 1.54) is 11.1 Å². The van der Waals surface area contributed by atoms with E-state index in [0.29, 0.717) is 6.54 Å². The van der Waals surface area contributed by atoms with Gasteiger partial charge in [0.2, 0.25) is 0 Å². The Hall–Kier alpha value is -0.900. The fraction of sp³-hybridized carbons (Fsp3) is 0.538. The molecule has 3 N–H and O–H groups in total. The van der Waals surface area contributed by atoms with Gasteiger partial charge in [-0.05, 0) is 24.5 Å². The van der Waals surface area contributed by atoms with Crippen LogP contribution in [0, 0.1) is 0 Å². The molecule has 2 atom stereocenters. The summed E-state index contributed by atoms with van der Waals surface area (Å²) in [7, 11) is 0. The third-order valence-electron chi connectivity index (χ3n) is 2.76. The van der Waals surface area contributed by atoms with Crippen molar-refractivity contribution in [3.8, 4) is 0 Å². The average Bonchev–Trinajstić information content (AvgIpc) is 2.35. The van der Waals surface area contributed by atoms with Gasteiger partial charge in [-0.3, -0.25) is 0 Å². The van der Waals surface area contributed by atoms with Gasteiger partial charge in [-0.1, -0.05) is 31.2 Å². The first kappa shape index (κ1) is 13.2. The molecule has 0 aromatic heterocycles. The summed E-state index contributed by atoms with van der Waals surface area (Å²) in [6.07, 6.45) is 0.364. The van der Waals surface area contributed by atoms with Gasteiger partial charge in [-0.2, -0.15) is 0 Å². The van der Waals surface area contributed by atoms with Crippen molar-refractivity contribution in [2.24, 2.45) is 0 Å². The lowest BCUT2D eigenvalue weighted by Crippen LogP contribution is -2.31. The highest BCUT2D eigenvalue weighted by Crippen LogP contribution is 2.13. The molecule has 0 amide bonds. The Balaban J connectivity index is 2.49. The quantitative estimate of drug-likeness (QED) is 0.680. The fourth-order valence-electron chi connectivity index (χ4n) is 1.54. The number of aliphatic hydroxyl groups is 2. The minimum atomic E-state index is -0.683. The molecule has 3 nitrogen and oxygen atoms in total. The molecule has 2 unspecified atom stereocenters. The van der Waals surface area contributed by atoms with Crippen LogP contribution in [0.25, 0.3) is 0 Å². The van der Waals surface area contributed by atoms with Gasteiger partial charge in [0.15, 0.2) is 0 Å². The molecule has 0 saturated heterocycles. The Morgan fingerprint density at radius 1 is 1.25 bits per heavy atom. The summed E-state index contributed by atoms with van der Waals surface area (Å²) in [6.45, 7) is 4.39. The Bertz CT molecular complexity index is 297. The molecule has 0 fully saturated rings. The molecular weight excluding hydrogens is 202 g/mol. The Kier molecular flexibility index (Phi) is 5.46. The van der Waals surface area contributed by atoms with Crippen molar-refractivity contribution in [3.05, 3.63) is 35.4 Å². The van der Waals surface area contributed by atoms with E-state index in [0.717, 1.165) is 6.42 Å². The SMILES string of the molecule is CCc1ccc(C(C)NCC(O)CO)cc1. The lowest BCUT2D eigenvalue weighted by Gasteiger charge is -2.16. The molecule has 0 spiro atoms. The summed E-state index contributed by atoms with van der Waals surface area (Å²) in [6, 6.07) is 8.63. The number of aryl methyl sites for hydroxylation is 1. The second kappa shape index (κ2) is 6.63. The van der Waals surface area contributed by atoms with E-state index in [9.17, 15) is 5.11 Å². The van der Waals surface area contributed by atoms with Gasteiger partial charge >= 0.3 is 0 Å². The van der Waals surface area contributed by atoms with Crippen LogP contribution < -0.4 is 5.32 Å². The van der Waals surface area contributed by atoms with E-state index in [4.69, 9.17) is 5.11 Å². The second-order valence-electron chi connectivity index (χ2n) is 4.06. The maximum atomic E-state index is 9.22. The minimum Gasteiger partial charge on any atom is -0.394 e. The van der Waals surface area contributed by atoms with Crippen LogP contribution >= 0.6 is 0 Å². The first-order valence-electron chi connectivity index (χ1n) is 5.78. The number of aliphatic hydroxyl groups excluding tert-OH is 2. The maximum Gasteiger partial charge on any atom is 0.0895 e. The molecule has 3 heteroatoms. The van der Waals surface area contributed by atoms with Crippen LogP contribution in [-0.4, -0.2) is 29.5 Å². The Morgan fingerprint density at radius 2 is 1.88 bits per heavy atom. The lowest BCUT2D eigenvalue weighted by molar-refractivity contribution is 0.0924. The third kappa shape index (κ3) is 3.93. The van der Waals surface area contributed by atoms with Gasteiger partial charge in [-0.25, -0.2) is 0 Å². The summed E-state index contributed by atoms with van der Waals surface area (Å²) in [4.78, 5) is 0. The minimum absolute atomic E-state index is 0.187. The zero-order valence-electron chi connectivity index (χ0n) is 9.98. The predicted molar refractivity (Wildman–Crippen MR) is 65.3 cm³/mol. The van der Waals surface area contributed by atoms with Crippen molar-refractivity contribution in [2.75, 3.05) is 13.2 Å². The Morgan fingerprint density at radius 3 is 2.38 bits per heavy atom. The summed E-state index contributed by atoms with van der Waals surface area (Å²) in [5, 5.41) is 21.1. The fourth-order valence-corrected chi connectivity index (χ4v) is 1.54. The zero-order chi connectivity index (χ0) is 12.0. The van der Waals surface area contributed by atoms with E-state index in [1.807, 2.05) is 6.92 Å². The van der Waals surface area contributed by atoms with E-state index in [-0.39, 0.29) is 12.6 Å². The molecular formula is C13H21NO2. The van der Waals surface area contributed by atoms with E-state index in [2.05, 4.69) is 36.5 Å². The van der Waals surface area contributed by atoms with Crippen molar-refractivity contribution in [1.29, 1.82) is 0 Å². The lowest BCUT2D eigenvalue weighted by atomic mass is 10.0. The summed E-state index contributed by atoms with van der Waals surface area (Å²) >= 11 is 0. The summed E-state index contributed by atoms with van der Waals surface area (Å²) in [5.41, 5.74) is 2.52. The number of nitrogens with one attached hydrogen (secondary N) is 1. The molecule has 0 heterocycles. The normalized spacial score (nSPS) is 14.8. The van der Waals surface area contributed by atoms with Crippen LogP contribution in [-0.2, 0) is 6.42 Å². The number of hydrogen-bond acceptors (Lipinski definition) is 3. The van der Waals surface area contributed by atoms with Crippen LogP contribution in [0.4, 0.5) is 0 Å². The van der Waals surface area contributed by atoms with Crippen LogP contribution in [0.1, 0.15) is 31.0 Å². The zero-order valence-corrected chi connectivity index (χ0v) is 9.98. The van der Waals surface area contributed by atoms with Gasteiger partial charge in [-0.15, -0.1) is 0 Å². The van der Waals surface area contributed by atoms with E-state index >= 15 is 0 Å². The number of hydrogen-bond donors (Lipinski definition) is 3. The van der Waals surface area contributed by atoms with Crippen LogP contribution in [0.2, 0.25) is 0 Å². The first-order valence-corrected chi connectivity index (χ1v) is 5.78. The molecule has 90 valence electrons. The van der Waals surface area contributed by atoms with Crippen molar-refractivity contribution < 1.29 is 10.2 Å². The monoisotopic (exact) mass is 223 g/mol. The molecule has 1 aromatic rings. The topological polar surface area (TPSA) is 52.5 Å². The van der Waals surface area contributed by atoms with Crippen LogP contribution in [0.3, 0.4) is 0 Å². The average molecular weight is 223 g/mol. The number of rotatable bonds is 6. The third-order valence-corrected chi connectivity index (χ3v) is 2.76. The molecule has 16 heavy (non-hydrogen) atoms. The molecule has 0 saturated carbocycles. The predicted octanol–water partition coefficient (Wildman–Crippen LogP) is 1.25. The molecule has 0 aliphatic heterocycles. The second-order valence-corrected chi connectivity index (χ2v) is 4.06. The standard InChI is InChI=1S/C13H21NO2/c1-3-11-4-6-12(7-5-11)10(2)14-8-13(16)9-15/h4-7,10,13-16H,3,8-9H2,1-2H3. The van der Waals surface area contributed by atoms with Gasteiger partial charge in [0.1, 0.15) is 0 Å². The maximum absolute atomic E-state index is 9.22. The van der Waals surface area contributed by atoms with Crippen molar-refractivity contribution in [3.63, 3.8) is 0 Å². The molecule has 0 bridgehead atoms. The summed E-state index contributed by atoms with van der Waals surface area (Å²) in [5.74, 6) is 0. The smallest absolute Gasteiger partial charge is 0.0895 e. The first-order chi connectivity index (χ1) is 7.67. The van der Waals surface area contributed by atoms with Gasteiger partial charge in [0.05, 0.1) is 12.7 Å². The molecule has 0 aliphatic rings. The Labute approximate surface area is 97.1 Å². The van der Waals surface area contributed by atoms with Gasteiger partial charge in [0, 0.05) is 12.6 Å². The highest BCUT2D eigenvalue weighted by molar-refractivity contribution is 5.24. The van der Waals surface area contributed by atoms with Crippen LogP contribution in [0.5, 0.6) is 0 Å². The molecule has 0 aliphatic carbocycles. The van der Waals surface area contributed by atoms with E-state index < -0.39 is 6.10 Å². The molecule has 0 radical (unpaired) electrons. The molecule has 1 rings (SSSR count). The van der Waals surface area contributed by atoms with Crippen LogP contribution in [0.15, 0.2) is 24.3 Å². The van der Waals surface area contributed by atoms with Crippen molar-refractivity contribution in [1.82, 2.24) is 5.32 Å². The van der Waals surface area contributed by atoms with Crippen molar-refractivity contribution >= 4 is 0 Å². The van der Waals surface area contributed by atoms with Crippen molar-refractivity contribution in [2.45, 2.75) is 32.4 Å². The van der Waals surface area contributed by atoms with Gasteiger partial charge in [0.25, 0.3) is 0 Å². The van der Waals surface area contributed by atoms with Gasteiger partial charge < -0.3 is 15.5 Å². The molecule has 1 aromatic carbocycles. The number of benzene rings is 1. The van der Waals surface area contributed by atoms with E-state index in [1.54, 1.807) is 0 Å². The highest BCUT2D eigenvalue weighted by Gasteiger charge is 2.07. The summed E-state index contributed by atoms with van der Waals surface area (Å²) < 4.78 is 0. The largest absolute Gasteiger partial charge is 0.394 e. The highest BCUT2D eigenvalue weighted by atomic mass is 16.3.